The number of quaternary nitrogens is 1. The molecule has 10 heteroatoms. The summed E-state index contributed by atoms with van der Waals surface area (Å²) < 4.78 is 27.4. The molecule has 9 nitrogen and oxygen atoms in total. The molecule has 1 rings (SSSR count). The van der Waals surface area contributed by atoms with Crippen LogP contribution in [0.1, 0.15) is 20.8 Å². The molecule has 0 amide bonds. The number of ether oxygens (including phenoxy) is 5. The van der Waals surface area contributed by atoms with Crippen molar-refractivity contribution in [2.24, 2.45) is 0 Å². The summed E-state index contributed by atoms with van der Waals surface area (Å²) >= 11 is 5.87. The molecule has 0 saturated carbocycles. The molecule has 1 heterocycles. The average Bonchev–Trinajstić information content (AvgIpc) is 2.51. The molecule has 0 spiro atoms. The van der Waals surface area contributed by atoms with Crippen LogP contribution in [0.15, 0.2) is 0 Å². The summed E-state index contributed by atoms with van der Waals surface area (Å²) in [4.78, 5) is 34.3. The van der Waals surface area contributed by atoms with Crippen LogP contribution >= 0.6 is 11.6 Å². The molecule has 1 fully saturated rings. The van der Waals surface area contributed by atoms with E-state index in [4.69, 9.17) is 35.3 Å². The van der Waals surface area contributed by atoms with Crippen molar-refractivity contribution in [2.75, 3.05) is 39.9 Å². The first-order chi connectivity index (χ1) is 12.1. The lowest BCUT2D eigenvalue weighted by molar-refractivity contribution is -0.879. The summed E-state index contributed by atoms with van der Waals surface area (Å²) in [6.45, 7) is 4.44. The van der Waals surface area contributed by atoms with Gasteiger partial charge in [-0.3, -0.25) is 14.4 Å². The Balaban J connectivity index is 2.90. The first kappa shape index (κ1) is 22.6. The molecule has 150 valence electrons. The maximum absolute atomic E-state index is 11.5. The molecule has 1 aliphatic heterocycles. The van der Waals surface area contributed by atoms with Gasteiger partial charge in [-0.15, -0.1) is 0 Å². The number of alkyl halides is 1. The van der Waals surface area contributed by atoms with Gasteiger partial charge in [0.1, 0.15) is 6.54 Å². The number of likely N-dealkylation sites (N-methyl/N-ethyl adjacent to an activating group) is 1. The number of halogens is 1. The van der Waals surface area contributed by atoms with E-state index in [2.05, 4.69) is 0 Å². The first-order valence-electron chi connectivity index (χ1n) is 8.18. The van der Waals surface area contributed by atoms with E-state index in [1.54, 1.807) is 0 Å². The number of carbonyl (C=O) groups excluding carboxylic acids is 3. The van der Waals surface area contributed by atoms with Crippen LogP contribution in [0.25, 0.3) is 0 Å². The lowest BCUT2D eigenvalue weighted by Gasteiger charge is -2.40. The summed E-state index contributed by atoms with van der Waals surface area (Å²) in [6, 6.07) is 0.396. The zero-order valence-corrected chi connectivity index (χ0v) is 16.5. The molecule has 4 atom stereocenters. The van der Waals surface area contributed by atoms with E-state index in [0.29, 0.717) is 17.0 Å². The summed E-state index contributed by atoms with van der Waals surface area (Å²) in [5.41, 5.74) is 0. The Kier molecular flexibility index (Phi) is 8.75. The maximum atomic E-state index is 11.5. The van der Waals surface area contributed by atoms with Crippen LogP contribution in [0.3, 0.4) is 0 Å². The average molecular weight is 397 g/mol. The van der Waals surface area contributed by atoms with Crippen LogP contribution in [-0.4, -0.2) is 86.9 Å². The summed E-state index contributed by atoms with van der Waals surface area (Å²) in [5, 5.41) is 0. The van der Waals surface area contributed by atoms with E-state index in [1.165, 1.54) is 20.8 Å². The second-order valence-corrected chi connectivity index (χ2v) is 6.89. The Morgan fingerprint density at radius 3 is 2.04 bits per heavy atom. The molecule has 0 unspecified atom stereocenters. The molecule has 0 bridgehead atoms. The zero-order chi connectivity index (χ0) is 19.9. The summed E-state index contributed by atoms with van der Waals surface area (Å²) in [6.07, 6.45) is -3.98. The molecule has 0 aliphatic carbocycles. The molecule has 26 heavy (non-hydrogen) atoms. The molecule has 1 saturated heterocycles. The molecule has 1 aliphatic rings. The topological polar surface area (TPSA) is 97.4 Å². The number of rotatable bonds is 8. The Morgan fingerprint density at radius 2 is 1.54 bits per heavy atom. The molecule has 0 radical (unpaired) electrons. The van der Waals surface area contributed by atoms with Gasteiger partial charge in [-0.1, -0.05) is 11.6 Å². The minimum absolute atomic E-state index is 0.0618. The van der Waals surface area contributed by atoms with Crippen LogP contribution in [0, 0.1) is 0 Å². The van der Waals surface area contributed by atoms with E-state index < -0.39 is 42.5 Å². The predicted octanol–water partition coefficient (Wildman–Crippen LogP) is 0.427. The van der Waals surface area contributed by atoms with Crippen molar-refractivity contribution < 1.29 is 42.6 Å². The number of hydrogen-bond donors (Lipinski definition) is 0. The van der Waals surface area contributed by atoms with Gasteiger partial charge in [0.2, 0.25) is 0 Å². The molecule has 0 aromatic heterocycles. The van der Waals surface area contributed by atoms with Crippen molar-refractivity contribution in [1.82, 2.24) is 0 Å². The van der Waals surface area contributed by atoms with Gasteiger partial charge in [-0.25, -0.2) is 0 Å². The molecule has 0 aromatic rings. The van der Waals surface area contributed by atoms with Crippen molar-refractivity contribution in [2.45, 2.75) is 45.4 Å². The third-order valence-corrected chi connectivity index (χ3v) is 4.25. The first-order valence-corrected chi connectivity index (χ1v) is 8.72. The molecular weight excluding hydrogens is 370 g/mol. The van der Waals surface area contributed by atoms with Crippen molar-refractivity contribution in [3.05, 3.63) is 0 Å². The lowest BCUT2D eigenvalue weighted by Crippen LogP contribution is -2.58. The van der Waals surface area contributed by atoms with Crippen molar-refractivity contribution in [3.63, 3.8) is 0 Å². The highest BCUT2D eigenvalue weighted by Gasteiger charge is 2.47. The number of nitrogens with zero attached hydrogens (tertiary/aromatic N) is 1. The van der Waals surface area contributed by atoms with E-state index in [9.17, 15) is 14.4 Å². The van der Waals surface area contributed by atoms with Crippen LogP contribution in [0.2, 0.25) is 0 Å². The van der Waals surface area contributed by atoms with Gasteiger partial charge in [0.15, 0.2) is 30.6 Å². The summed E-state index contributed by atoms with van der Waals surface area (Å²) in [5.74, 6) is -1.78. The van der Waals surface area contributed by atoms with Gasteiger partial charge in [0.05, 0.1) is 27.3 Å². The standard InChI is InChI=1S/C16H27ClNO8/c1-10(19)24-13-8-23-16(22-7-6-18(4,5)9-17)15(26-12(3)21)14(13)25-11(2)20/h13-16H,6-9H2,1-5H3/q+1/t13-,14+,15-,16-/m1/s1. The highest BCUT2D eigenvalue weighted by Crippen LogP contribution is 2.25. The molecule has 0 N–H and O–H groups in total. The Labute approximate surface area is 158 Å². The normalized spacial score (nSPS) is 26.1. The van der Waals surface area contributed by atoms with Gasteiger partial charge in [-0.05, 0) is 0 Å². The number of hydrogen-bond acceptors (Lipinski definition) is 8. The van der Waals surface area contributed by atoms with E-state index in [0.717, 1.165) is 0 Å². The SMILES string of the molecule is CC(=O)O[C@@H]1[C@@H](OC(C)=O)[C@H](OCC[N+](C)(C)CCl)OC[C@H]1OC(C)=O. The summed E-state index contributed by atoms with van der Waals surface area (Å²) in [7, 11) is 3.86. The monoisotopic (exact) mass is 396 g/mol. The van der Waals surface area contributed by atoms with Crippen LogP contribution < -0.4 is 0 Å². The Hall–Kier alpha value is -1.42. The lowest BCUT2D eigenvalue weighted by atomic mass is 10.0. The van der Waals surface area contributed by atoms with Crippen molar-refractivity contribution in [1.29, 1.82) is 0 Å². The zero-order valence-electron chi connectivity index (χ0n) is 15.7. The number of esters is 3. The van der Waals surface area contributed by atoms with Gasteiger partial charge in [0, 0.05) is 20.8 Å². The van der Waals surface area contributed by atoms with E-state index >= 15 is 0 Å². The molecular formula is C16H27ClNO8+. The Bertz CT molecular complexity index is 512. The maximum Gasteiger partial charge on any atom is 0.303 e. The van der Waals surface area contributed by atoms with Crippen LogP contribution in [-0.2, 0) is 38.1 Å². The largest absolute Gasteiger partial charge is 0.456 e. The van der Waals surface area contributed by atoms with E-state index in [1.807, 2.05) is 14.1 Å². The highest BCUT2D eigenvalue weighted by molar-refractivity contribution is 6.16. The smallest absolute Gasteiger partial charge is 0.303 e. The fourth-order valence-electron chi connectivity index (χ4n) is 2.33. The minimum Gasteiger partial charge on any atom is -0.456 e. The van der Waals surface area contributed by atoms with Crippen LogP contribution in [0.4, 0.5) is 0 Å². The molecule has 0 aromatic carbocycles. The van der Waals surface area contributed by atoms with Crippen LogP contribution in [0.5, 0.6) is 0 Å². The van der Waals surface area contributed by atoms with Gasteiger partial charge >= 0.3 is 17.9 Å². The van der Waals surface area contributed by atoms with Gasteiger partial charge < -0.3 is 28.2 Å². The third-order valence-electron chi connectivity index (χ3n) is 3.61. The fraction of sp³-hybridized carbons (Fsp3) is 0.812. The highest BCUT2D eigenvalue weighted by atomic mass is 35.5. The second-order valence-electron chi connectivity index (χ2n) is 6.65. The Morgan fingerprint density at radius 1 is 1.00 bits per heavy atom. The fourth-order valence-corrected chi connectivity index (χ4v) is 2.45. The van der Waals surface area contributed by atoms with Gasteiger partial charge in [-0.2, -0.15) is 0 Å². The quantitative estimate of drug-likeness (QED) is 0.191. The van der Waals surface area contributed by atoms with Gasteiger partial charge in [0.25, 0.3) is 0 Å². The number of carbonyl (C=O) groups is 3. The van der Waals surface area contributed by atoms with Crippen molar-refractivity contribution >= 4 is 29.5 Å². The predicted molar refractivity (Wildman–Crippen MR) is 90.0 cm³/mol. The third kappa shape index (κ3) is 7.45. The second kappa shape index (κ2) is 10.1. The van der Waals surface area contributed by atoms with Crippen molar-refractivity contribution in [3.8, 4) is 0 Å². The van der Waals surface area contributed by atoms with E-state index in [-0.39, 0.29) is 13.2 Å². The minimum atomic E-state index is -1.07.